The molecule has 1 aromatic heterocycles. The van der Waals surface area contributed by atoms with Crippen LogP contribution >= 0.6 is 15.9 Å². The predicted molar refractivity (Wildman–Crippen MR) is 74.8 cm³/mol. The zero-order valence-corrected chi connectivity index (χ0v) is 12.7. The minimum atomic E-state index is -3.40. The highest BCUT2D eigenvalue weighted by Gasteiger charge is 2.12. The maximum absolute atomic E-state index is 11.9. The number of aryl methyl sites for hydroxylation is 1. The fourth-order valence-electron chi connectivity index (χ4n) is 1.51. The second kappa shape index (κ2) is 5.85. The predicted octanol–water partition coefficient (Wildman–Crippen LogP) is 2.37. The number of aromatic nitrogens is 1. The van der Waals surface area contributed by atoms with Crippen LogP contribution in [0.4, 0.5) is 0 Å². The van der Waals surface area contributed by atoms with Gasteiger partial charge in [0.2, 0.25) is 15.9 Å². The summed E-state index contributed by atoms with van der Waals surface area (Å²) in [5, 5.41) is 0. The van der Waals surface area contributed by atoms with Crippen molar-refractivity contribution >= 4 is 26.0 Å². The van der Waals surface area contributed by atoms with E-state index in [0.717, 1.165) is 10.0 Å². The normalized spacial score (nSPS) is 11.7. The molecular formula is C12H13BrN2O3S. The van der Waals surface area contributed by atoms with Crippen molar-refractivity contribution in [3.8, 4) is 0 Å². The van der Waals surface area contributed by atoms with Crippen LogP contribution in [0.2, 0.25) is 0 Å². The molecule has 0 amide bonds. The van der Waals surface area contributed by atoms with Crippen LogP contribution in [-0.4, -0.2) is 13.4 Å². The Morgan fingerprint density at radius 1 is 1.32 bits per heavy atom. The molecule has 2 rings (SSSR count). The van der Waals surface area contributed by atoms with Gasteiger partial charge < -0.3 is 4.42 Å². The quantitative estimate of drug-likeness (QED) is 0.903. The third kappa shape index (κ3) is 4.45. The molecule has 0 radical (unpaired) electrons. The van der Waals surface area contributed by atoms with Gasteiger partial charge in [-0.3, -0.25) is 0 Å². The average Bonchev–Trinajstić information content (AvgIpc) is 2.76. The van der Waals surface area contributed by atoms with Gasteiger partial charge in [-0.1, -0.05) is 28.1 Å². The summed E-state index contributed by atoms with van der Waals surface area (Å²) in [4.78, 5) is 3.94. The summed E-state index contributed by atoms with van der Waals surface area (Å²) >= 11 is 3.30. The number of nitrogens with one attached hydrogen (secondary N) is 1. The molecular weight excluding hydrogens is 332 g/mol. The van der Waals surface area contributed by atoms with Crippen LogP contribution in [0.5, 0.6) is 0 Å². The minimum absolute atomic E-state index is 0.0622. The number of oxazole rings is 1. The number of nitrogens with zero attached hydrogens (tertiary/aromatic N) is 1. The van der Waals surface area contributed by atoms with Gasteiger partial charge in [0.05, 0.1) is 18.5 Å². The van der Waals surface area contributed by atoms with E-state index in [-0.39, 0.29) is 12.3 Å². The standard InChI is InChI=1S/C12H13BrN2O3S/c1-9-6-14-12(18-9)7-15-19(16,17)8-10-2-4-11(13)5-3-10/h2-6,15H,7-8H2,1H3. The number of hydrogen-bond donors (Lipinski definition) is 1. The van der Waals surface area contributed by atoms with Crippen molar-refractivity contribution in [2.24, 2.45) is 0 Å². The van der Waals surface area contributed by atoms with Gasteiger partial charge in [0.1, 0.15) is 5.76 Å². The van der Waals surface area contributed by atoms with Crippen LogP contribution in [0.15, 0.2) is 39.4 Å². The van der Waals surface area contributed by atoms with E-state index in [4.69, 9.17) is 4.42 Å². The van der Waals surface area contributed by atoms with Crippen LogP contribution in [0.3, 0.4) is 0 Å². The summed E-state index contributed by atoms with van der Waals surface area (Å²) in [7, 11) is -3.40. The fraction of sp³-hybridized carbons (Fsp3) is 0.250. The molecule has 0 atom stereocenters. The van der Waals surface area contributed by atoms with E-state index in [1.165, 1.54) is 0 Å². The molecule has 1 aromatic carbocycles. The van der Waals surface area contributed by atoms with Crippen LogP contribution in [0.25, 0.3) is 0 Å². The highest BCUT2D eigenvalue weighted by Crippen LogP contribution is 2.12. The number of sulfonamides is 1. The van der Waals surface area contributed by atoms with Gasteiger partial charge in [-0.2, -0.15) is 0 Å². The van der Waals surface area contributed by atoms with E-state index in [1.54, 1.807) is 25.3 Å². The minimum Gasteiger partial charge on any atom is -0.445 e. The molecule has 0 aliphatic heterocycles. The Bertz CT molecular complexity index is 650. The molecule has 7 heteroatoms. The summed E-state index contributed by atoms with van der Waals surface area (Å²) in [5.74, 6) is 0.943. The molecule has 0 aliphatic rings. The van der Waals surface area contributed by atoms with Crippen molar-refractivity contribution in [2.45, 2.75) is 19.2 Å². The first-order valence-corrected chi connectivity index (χ1v) is 8.02. The summed E-state index contributed by atoms with van der Waals surface area (Å²) < 4.78 is 32.3. The molecule has 102 valence electrons. The van der Waals surface area contributed by atoms with E-state index in [1.807, 2.05) is 12.1 Å². The molecule has 0 unspecified atom stereocenters. The van der Waals surface area contributed by atoms with E-state index >= 15 is 0 Å². The van der Waals surface area contributed by atoms with Gasteiger partial charge in [-0.25, -0.2) is 18.1 Å². The Morgan fingerprint density at radius 3 is 2.58 bits per heavy atom. The van der Waals surface area contributed by atoms with Gasteiger partial charge in [0.15, 0.2) is 0 Å². The van der Waals surface area contributed by atoms with Crippen molar-refractivity contribution < 1.29 is 12.8 Å². The Kier molecular flexibility index (Phi) is 4.38. The summed E-state index contributed by atoms with van der Waals surface area (Å²) in [6, 6.07) is 7.14. The second-order valence-corrected chi connectivity index (χ2v) is 6.79. The molecule has 5 nitrogen and oxygen atoms in total. The maximum Gasteiger partial charge on any atom is 0.216 e. The van der Waals surface area contributed by atoms with E-state index in [0.29, 0.717) is 11.7 Å². The van der Waals surface area contributed by atoms with Crippen LogP contribution in [0.1, 0.15) is 17.2 Å². The van der Waals surface area contributed by atoms with Crippen molar-refractivity contribution in [2.75, 3.05) is 0 Å². The Morgan fingerprint density at radius 2 is 2.00 bits per heavy atom. The smallest absolute Gasteiger partial charge is 0.216 e. The summed E-state index contributed by atoms with van der Waals surface area (Å²) in [6.45, 7) is 1.82. The molecule has 0 fully saturated rings. The average molecular weight is 345 g/mol. The lowest BCUT2D eigenvalue weighted by molar-refractivity contribution is 0.463. The van der Waals surface area contributed by atoms with Crippen LogP contribution in [0, 0.1) is 6.92 Å². The third-order valence-corrected chi connectivity index (χ3v) is 4.21. The molecule has 0 saturated carbocycles. The number of halogens is 1. The van der Waals surface area contributed by atoms with Crippen molar-refractivity contribution in [3.05, 3.63) is 52.1 Å². The van der Waals surface area contributed by atoms with Crippen LogP contribution < -0.4 is 4.72 Å². The molecule has 0 spiro atoms. The number of hydrogen-bond acceptors (Lipinski definition) is 4. The van der Waals surface area contributed by atoms with E-state index in [2.05, 4.69) is 25.6 Å². The van der Waals surface area contributed by atoms with Crippen LogP contribution in [-0.2, 0) is 22.3 Å². The third-order valence-electron chi connectivity index (χ3n) is 2.38. The summed E-state index contributed by atoms with van der Waals surface area (Å²) in [6.07, 6.45) is 1.55. The first-order valence-electron chi connectivity index (χ1n) is 5.58. The lowest BCUT2D eigenvalue weighted by Gasteiger charge is -2.05. The Hall–Kier alpha value is -1.18. The molecule has 2 aromatic rings. The first kappa shape index (κ1) is 14.2. The fourth-order valence-corrected chi connectivity index (χ4v) is 2.85. The lowest BCUT2D eigenvalue weighted by Crippen LogP contribution is -2.24. The van der Waals surface area contributed by atoms with Gasteiger partial charge in [-0.15, -0.1) is 0 Å². The molecule has 1 heterocycles. The number of rotatable bonds is 5. The SMILES string of the molecule is Cc1cnc(CNS(=O)(=O)Cc2ccc(Br)cc2)o1. The van der Waals surface area contributed by atoms with Gasteiger partial charge in [-0.05, 0) is 24.6 Å². The van der Waals surface area contributed by atoms with E-state index < -0.39 is 10.0 Å². The molecule has 0 saturated heterocycles. The Balaban J connectivity index is 1.97. The maximum atomic E-state index is 11.9. The Labute approximate surface area is 120 Å². The zero-order valence-electron chi connectivity index (χ0n) is 10.3. The summed E-state index contributed by atoms with van der Waals surface area (Å²) in [5.41, 5.74) is 0.722. The van der Waals surface area contributed by atoms with Gasteiger partial charge in [0, 0.05) is 4.47 Å². The second-order valence-electron chi connectivity index (χ2n) is 4.07. The largest absolute Gasteiger partial charge is 0.445 e. The highest BCUT2D eigenvalue weighted by atomic mass is 79.9. The molecule has 0 bridgehead atoms. The first-order chi connectivity index (χ1) is 8.94. The topological polar surface area (TPSA) is 72.2 Å². The zero-order chi connectivity index (χ0) is 13.9. The van der Waals surface area contributed by atoms with Crippen molar-refractivity contribution in [3.63, 3.8) is 0 Å². The molecule has 1 N–H and O–H groups in total. The van der Waals surface area contributed by atoms with Gasteiger partial charge >= 0.3 is 0 Å². The van der Waals surface area contributed by atoms with E-state index in [9.17, 15) is 8.42 Å². The van der Waals surface area contributed by atoms with Crippen molar-refractivity contribution in [1.29, 1.82) is 0 Å². The molecule has 0 aliphatic carbocycles. The lowest BCUT2D eigenvalue weighted by atomic mass is 10.2. The van der Waals surface area contributed by atoms with Crippen molar-refractivity contribution in [1.82, 2.24) is 9.71 Å². The molecule has 19 heavy (non-hydrogen) atoms. The number of benzene rings is 1. The monoisotopic (exact) mass is 344 g/mol. The highest BCUT2D eigenvalue weighted by molar-refractivity contribution is 9.10. The van der Waals surface area contributed by atoms with Gasteiger partial charge in [0.25, 0.3) is 0 Å².